The first-order valence-corrected chi connectivity index (χ1v) is 14.4. The quantitative estimate of drug-likeness (QED) is 0.0950. The first-order valence-electron chi connectivity index (χ1n) is 14.4. The van der Waals surface area contributed by atoms with E-state index in [2.05, 4.69) is 6.92 Å². The summed E-state index contributed by atoms with van der Waals surface area (Å²) in [4.78, 5) is 21.8. The number of carbonyl (C=O) groups is 2. The van der Waals surface area contributed by atoms with E-state index in [9.17, 15) is 9.59 Å². The highest BCUT2D eigenvalue weighted by Gasteiger charge is 2.04. The van der Waals surface area contributed by atoms with Gasteiger partial charge in [-0.3, -0.25) is 9.59 Å². The molecule has 0 radical (unpaired) electrons. The van der Waals surface area contributed by atoms with Crippen LogP contribution in [-0.4, -0.2) is 89.7 Å². The minimum absolute atomic E-state index is 0.0736. The van der Waals surface area contributed by atoms with Gasteiger partial charge in [0.25, 0.3) is 0 Å². The summed E-state index contributed by atoms with van der Waals surface area (Å²) < 4.78 is 32.3. The van der Waals surface area contributed by atoms with Gasteiger partial charge in [0.2, 0.25) is 0 Å². The first kappa shape index (κ1) is 35.7. The van der Waals surface area contributed by atoms with Crippen LogP contribution in [-0.2, 0) is 38.0 Å². The maximum atomic E-state index is 11.4. The molecule has 0 fully saturated rings. The zero-order valence-corrected chi connectivity index (χ0v) is 23.4. The maximum absolute atomic E-state index is 11.4. The molecule has 1 N–H and O–H groups in total. The second-order valence-corrected chi connectivity index (χ2v) is 9.07. The normalized spacial score (nSPS) is 11.2. The number of hydrogen-bond donors (Lipinski definition) is 1. The highest BCUT2D eigenvalue weighted by Crippen LogP contribution is 2.10. The van der Waals surface area contributed by atoms with Crippen molar-refractivity contribution in [2.45, 2.75) is 96.8 Å². The molecule has 0 aliphatic heterocycles. The van der Waals surface area contributed by atoms with E-state index in [1.54, 1.807) is 0 Å². The van der Waals surface area contributed by atoms with Crippen molar-refractivity contribution < 1.29 is 43.1 Å². The van der Waals surface area contributed by atoms with Crippen LogP contribution in [0.2, 0.25) is 0 Å². The molecule has 0 atom stereocenters. The van der Waals surface area contributed by atoms with Gasteiger partial charge in [-0.05, 0) is 19.3 Å². The van der Waals surface area contributed by atoms with E-state index in [0.717, 1.165) is 13.0 Å². The Labute approximate surface area is 224 Å². The summed E-state index contributed by atoms with van der Waals surface area (Å²) >= 11 is 0. The van der Waals surface area contributed by atoms with E-state index in [-0.39, 0.29) is 25.4 Å². The van der Waals surface area contributed by atoms with Crippen LogP contribution in [0.3, 0.4) is 0 Å². The van der Waals surface area contributed by atoms with Crippen LogP contribution in [0.25, 0.3) is 0 Å². The number of carboxylic acids is 1. The van der Waals surface area contributed by atoms with Gasteiger partial charge >= 0.3 is 11.9 Å². The van der Waals surface area contributed by atoms with E-state index in [1.165, 1.54) is 57.8 Å². The summed E-state index contributed by atoms with van der Waals surface area (Å²) in [5.41, 5.74) is 0. The van der Waals surface area contributed by atoms with Gasteiger partial charge in [0.1, 0.15) is 6.61 Å². The molecule has 0 unspecified atom stereocenters. The Hall–Kier alpha value is -1.26. The highest BCUT2D eigenvalue weighted by atomic mass is 16.6. The Kier molecular flexibility index (Phi) is 29.9. The number of carboxylic acid groups (broad SMARTS) is 1. The highest BCUT2D eigenvalue weighted by molar-refractivity contribution is 5.69. The minimum Gasteiger partial charge on any atom is -0.481 e. The number of carbonyl (C=O) groups excluding carboxylic acids is 1. The van der Waals surface area contributed by atoms with Crippen LogP contribution in [0, 0.1) is 0 Å². The SMILES string of the molecule is CCCCCCCCCCCCOCCOCCOCCOCCOCCOC(=O)CCCCC(=O)O. The lowest BCUT2D eigenvalue weighted by molar-refractivity contribution is -0.146. The number of unbranched alkanes of at least 4 members (excludes halogenated alkanes) is 10. The molecule has 0 aliphatic carbocycles. The monoisotopic (exact) mass is 534 g/mol. The number of hydrogen-bond acceptors (Lipinski definition) is 8. The molecule has 220 valence electrons. The number of rotatable bonds is 31. The maximum Gasteiger partial charge on any atom is 0.305 e. The second kappa shape index (κ2) is 31.0. The van der Waals surface area contributed by atoms with Crippen LogP contribution in [0.1, 0.15) is 96.8 Å². The zero-order chi connectivity index (χ0) is 27.1. The predicted molar refractivity (Wildman–Crippen MR) is 143 cm³/mol. The summed E-state index contributed by atoms with van der Waals surface area (Å²) in [5.74, 6) is -1.18. The third-order valence-electron chi connectivity index (χ3n) is 5.64. The van der Waals surface area contributed by atoms with Crippen LogP contribution < -0.4 is 0 Å². The first-order chi connectivity index (χ1) is 18.2. The largest absolute Gasteiger partial charge is 0.481 e. The smallest absolute Gasteiger partial charge is 0.305 e. The Bertz CT molecular complexity index is 488. The second-order valence-electron chi connectivity index (χ2n) is 9.07. The summed E-state index contributed by atoms with van der Waals surface area (Å²) in [6.07, 6.45) is 14.6. The molecule has 0 heterocycles. The summed E-state index contributed by atoms with van der Waals surface area (Å²) in [7, 11) is 0. The van der Waals surface area contributed by atoms with E-state index in [1.807, 2.05) is 0 Å². The molecular weight excluding hydrogens is 480 g/mol. The molecule has 0 amide bonds. The van der Waals surface area contributed by atoms with Gasteiger partial charge < -0.3 is 33.5 Å². The Morgan fingerprint density at radius 2 is 0.838 bits per heavy atom. The van der Waals surface area contributed by atoms with E-state index in [4.69, 9.17) is 33.5 Å². The van der Waals surface area contributed by atoms with Crippen molar-refractivity contribution in [3.63, 3.8) is 0 Å². The molecule has 0 spiro atoms. The van der Waals surface area contributed by atoms with E-state index >= 15 is 0 Å². The third-order valence-corrected chi connectivity index (χ3v) is 5.64. The summed E-state index contributed by atoms with van der Waals surface area (Å²) in [6, 6.07) is 0. The van der Waals surface area contributed by atoms with Gasteiger partial charge in [0, 0.05) is 19.4 Å². The van der Waals surface area contributed by atoms with Crippen molar-refractivity contribution in [3.05, 3.63) is 0 Å². The summed E-state index contributed by atoms with van der Waals surface area (Å²) in [5, 5.41) is 8.53. The fourth-order valence-electron chi connectivity index (χ4n) is 3.51. The number of ether oxygens (including phenoxy) is 6. The molecule has 0 aromatic heterocycles. The Morgan fingerprint density at radius 1 is 0.459 bits per heavy atom. The molecular formula is C28H54O9. The van der Waals surface area contributed by atoms with Crippen LogP contribution >= 0.6 is 0 Å². The van der Waals surface area contributed by atoms with Gasteiger partial charge in [-0.1, -0.05) is 64.7 Å². The molecule has 0 saturated carbocycles. The standard InChI is InChI=1S/C28H54O9/c1-2-3-4-5-6-7-8-9-10-13-16-32-17-18-33-19-20-34-21-22-35-23-24-36-25-26-37-28(31)15-12-11-14-27(29)30/h2-26H2,1H3,(H,29,30). The number of esters is 1. The van der Waals surface area contributed by atoms with Crippen LogP contribution in [0.15, 0.2) is 0 Å². The van der Waals surface area contributed by atoms with Crippen molar-refractivity contribution in [2.75, 3.05) is 72.7 Å². The van der Waals surface area contributed by atoms with E-state index in [0.29, 0.717) is 72.3 Å². The number of aliphatic carboxylic acids is 1. The molecule has 0 aliphatic rings. The zero-order valence-electron chi connectivity index (χ0n) is 23.4. The molecule has 9 nitrogen and oxygen atoms in total. The molecule has 9 heteroatoms. The summed E-state index contributed by atoms with van der Waals surface area (Å²) in [6.45, 7) is 7.71. The van der Waals surface area contributed by atoms with Gasteiger partial charge in [0.05, 0.1) is 59.5 Å². The van der Waals surface area contributed by atoms with Gasteiger partial charge in [-0.25, -0.2) is 0 Å². The fraction of sp³-hybridized carbons (Fsp3) is 0.929. The Balaban J connectivity index is 3.09. The molecule has 0 rings (SSSR count). The molecule has 0 bridgehead atoms. The van der Waals surface area contributed by atoms with Crippen molar-refractivity contribution in [1.82, 2.24) is 0 Å². The van der Waals surface area contributed by atoms with Crippen molar-refractivity contribution in [2.24, 2.45) is 0 Å². The topological polar surface area (TPSA) is 110 Å². The molecule has 37 heavy (non-hydrogen) atoms. The fourth-order valence-corrected chi connectivity index (χ4v) is 3.51. The van der Waals surface area contributed by atoms with Crippen molar-refractivity contribution >= 4 is 11.9 Å². The lowest BCUT2D eigenvalue weighted by atomic mass is 10.1. The average molecular weight is 535 g/mol. The van der Waals surface area contributed by atoms with Gasteiger partial charge in [-0.2, -0.15) is 0 Å². The third kappa shape index (κ3) is 32.7. The average Bonchev–Trinajstić information content (AvgIpc) is 2.88. The molecule has 0 saturated heterocycles. The predicted octanol–water partition coefficient (Wildman–Crippen LogP) is 5.18. The minimum atomic E-state index is -0.851. The van der Waals surface area contributed by atoms with Crippen molar-refractivity contribution in [1.29, 1.82) is 0 Å². The molecule has 0 aromatic rings. The van der Waals surface area contributed by atoms with Gasteiger partial charge in [-0.15, -0.1) is 0 Å². The van der Waals surface area contributed by atoms with Crippen LogP contribution in [0.5, 0.6) is 0 Å². The van der Waals surface area contributed by atoms with Gasteiger partial charge in [0.15, 0.2) is 0 Å². The Morgan fingerprint density at radius 3 is 1.30 bits per heavy atom. The van der Waals surface area contributed by atoms with Crippen molar-refractivity contribution in [3.8, 4) is 0 Å². The molecule has 0 aromatic carbocycles. The van der Waals surface area contributed by atoms with E-state index < -0.39 is 5.97 Å². The lowest BCUT2D eigenvalue weighted by Gasteiger charge is -2.08. The van der Waals surface area contributed by atoms with Crippen LogP contribution in [0.4, 0.5) is 0 Å². The lowest BCUT2D eigenvalue weighted by Crippen LogP contribution is -2.15.